The maximum absolute atomic E-state index is 11.9. The van der Waals surface area contributed by atoms with Crippen LogP contribution in [0, 0.1) is 5.82 Å². The van der Waals surface area contributed by atoms with Crippen molar-refractivity contribution >= 4 is 24.1 Å². The molecular weight excluding hydrogens is 229 g/mol. The van der Waals surface area contributed by atoms with E-state index in [0.717, 1.165) is 0 Å². The molecule has 2 saturated heterocycles. The number of carbonyl (C=O) groups excluding carboxylic acids is 3. The number of amides is 1. The largest absolute Gasteiger partial charge is 0.617 e. The molecule has 0 radical (unpaired) electrons. The highest BCUT2D eigenvalue weighted by molar-refractivity contribution is 7.02. The lowest BCUT2D eigenvalue weighted by Gasteiger charge is -2.24. The van der Waals surface area contributed by atoms with Gasteiger partial charge in [0.15, 0.2) is 12.1 Å². The minimum absolute atomic E-state index is 0.0233. The Kier molecular flexibility index (Phi) is 2.84. The van der Waals surface area contributed by atoms with Crippen molar-refractivity contribution in [1.29, 1.82) is 0 Å². The van der Waals surface area contributed by atoms with Gasteiger partial charge in [-0.1, -0.05) is 0 Å². The van der Waals surface area contributed by atoms with Crippen LogP contribution in [0.1, 0.15) is 19.8 Å². The number of hydrogen-bond donors (Lipinski definition) is 2. The van der Waals surface area contributed by atoms with E-state index in [0.29, 0.717) is 5.82 Å². The molecule has 8 heteroatoms. The molecule has 0 saturated carbocycles. The smallest absolute Gasteiger partial charge is 0.589 e. The number of Topliss-reactive ketones (excluding diaryl/α,β-unsaturated/α-hetero) is 1. The molecule has 0 bridgehead atoms. The lowest BCUT2D eigenvalue weighted by atomic mass is 9.48. The summed E-state index contributed by atoms with van der Waals surface area (Å²) in [7, 11) is 0. The summed E-state index contributed by atoms with van der Waals surface area (Å²) in [4.78, 5) is 33.8. The second kappa shape index (κ2) is 4.04. The van der Waals surface area contributed by atoms with Gasteiger partial charge in [-0.3, -0.25) is 9.59 Å². The van der Waals surface area contributed by atoms with Gasteiger partial charge in [0.05, 0.1) is 13.0 Å². The Morgan fingerprint density at radius 1 is 1.65 bits per heavy atom. The van der Waals surface area contributed by atoms with Crippen molar-refractivity contribution in [3.63, 3.8) is 0 Å². The SMILES string of the molecule is CC(=O)CNC(=O)[B-]12OC(=O)C[C+]1CC(O)O2. The van der Waals surface area contributed by atoms with Crippen LogP contribution in [-0.2, 0) is 18.9 Å². The summed E-state index contributed by atoms with van der Waals surface area (Å²) < 4.78 is 9.97. The van der Waals surface area contributed by atoms with Crippen LogP contribution in [0.2, 0.25) is 0 Å². The van der Waals surface area contributed by atoms with E-state index in [4.69, 9.17) is 9.31 Å². The molecule has 2 unspecified atom stereocenters. The summed E-state index contributed by atoms with van der Waals surface area (Å²) in [5, 5.41) is 11.7. The number of carbonyl (C=O) groups is 3. The summed E-state index contributed by atoms with van der Waals surface area (Å²) in [6.07, 6.45) is -1.05. The molecule has 2 aliphatic rings. The summed E-state index contributed by atoms with van der Waals surface area (Å²) in [6.45, 7) is -1.42. The Balaban J connectivity index is 2.12. The molecule has 7 nitrogen and oxygen atoms in total. The normalized spacial score (nSPS) is 31.1. The molecule has 0 aliphatic carbocycles. The third-order valence-corrected chi connectivity index (χ3v) is 2.85. The second-order valence-electron chi connectivity index (χ2n) is 4.25. The number of nitrogens with one attached hydrogen (secondary N) is 1. The Hall–Kier alpha value is -1.54. The fraction of sp³-hybridized carbons (Fsp3) is 0.556. The van der Waals surface area contributed by atoms with E-state index in [-0.39, 0.29) is 25.2 Å². The van der Waals surface area contributed by atoms with E-state index in [2.05, 4.69) is 5.32 Å². The number of hydrogen-bond acceptors (Lipinski definition) is 6. The number of fused-ring (bicyclic) bond motifs is 1. The van der Waals surface area contributed by atoms with Crippen molar-refractivity contribution in [1.82, 2.24) is 5.32 Å². The molecule has 0 spiro atoms. The molecule has 2 atom stereocenters. The van der Waals surface area contributed by atoms with Gasteiger partial charge in [0.2, 0.25) is 0 Å². The first-order chi connectivity index (χ1) is 7.94. The van der Waals surface area contributed by atoms with E-state index in [1.807, 2.05) is 0 Å². The minimum atomic E-state index is -2.58. The zero-order valence-electron chi connectivity index (χ0n) is 9.26. The van der Waals surface area contributed by atoms with Gasteiger partial charge in [-0.05, 0) is 12.7 Å². The standard InChI is InChI=1S/C9H12BNO6/c1-5(12)4-11-9(15)10-6(2-7(13)16-10)3-8(14)17-10/h7,13H,2-4H2,1H3,(H,11,15). The second-order valence-corrected chi connectivity index (χ2v) is 4.25. The summed E-state index contributed by atoms with van der Waals surface area (Å²) in [5.74, 6) is -0.999. The van der Waals surface area contributed by atoms with Crippen LogP contribution in [0.15, 0.2) is 0 Å². The summed E-state index contributed by atoms with van der Waals surface area (Å²) in [6, 6.07) is 0. The number of rotatable bonds is 3. The predicted molar refractivity (Wildman–Crippen MR) is 55.5 cm³/mol. The van der Waals surface area contributed by atoms with Gasteiger partial charge in [-0.15, -0.1) is 0 Å². The van der Waals surface area contributed by atoms with Crippen LogP contribution in [0.4, 0.5) is 4.79 Å². The molecular formula is C9H12BNO6. The quantitative estimate of drug-likeness (QED) is 0.490. The molecule has 2 aliphatic heterocycles. The van der Waals surface area contributed by atoms with E-state index in [1.165, 1.54) is 6.92 Å². The predicted octanol–water partition coefficient (Wildman–Crippen LogP) is -0.892. The van der Waals surface area contributed by atoms with Crippen LogP contribution in [-0.4, -0.2) is 42.1 Å². The zero-order valence-corrected chi connectivity index (χ0v) is 9.26. The third kappa shape index (κ3) is 2.01. The van der Waals surface area contributed by atoms with Gasteiger partial charge in [-0.2, -0.15) is 0 Å². The third-order valence-electron chi connectivity index (χ3n) is 2.85. The van der Waals surface area contributed by atoms with Gasteiger partial charge in [0, 0.05) is 0 Å². The van der Waals surface area contributed by atoms with Gasteiger partial charge < -0.3 is 24.5 Å². The molecule has 92 valence electrons. The fourth-order valence-corrected chi connectivity index (χ4v) is 2.12. The monoisotopic (exact) mass is 241 g/mol. The Labute approximate surface area is 97.4 Å². The number of ketones is 1. The summed E-state index contributed by atoms with van der Waals surface area (Å²) >= 11 is 0. The Bertz CT molecular complexity index is 386. The highest BCUT2D eigenvalue weighted by Gasteiger charge is 2.68. The molecule has 2 fully saturated rings. The van der Waals surface area contributed by atoms with E-state index in [1.54, 1.807) is 0 Å². The van der Waals surface area contributed by atoms with E-state index in [9.17, 15) is 19.5 Å². The fourth-order valence-electron chi connectivity index (χ4n) is 2.12. The van der Waals surface area contributed by atoms with Crippen molar-refractivity contribution < 1.29 is 28.8 Å². The van der Waals surface area contributed by atoms with Crippen molar-refractivity contribution in [2.24, 2.45) is 0 Å². The molecule has 0 aromatic rings. The average Bonchev–Trinajstić information content (AvgIpc) is 2.66. The van der Waals surface area contributed by atoms with Crippen molar-refractivity contribution in [2.45, 2.75) is 26.1 Å². The van der Waals surface area contributed by atoms with Crippen LogP contribution in [0.3, 0.4) is 0 Å². The first-order valence-corrected chi connectivity index (χ1v) is 5.29. The lowest BCUT2D eigenvalue weighted by Crippen LogP contribution is -2.55. The highest BCUT2D eigenvalue weighted by atomic mass is 16.7. The molecule has 2 N–H and O–H groups in total. The van der Waals surface area contributed by atoms with Gasteiger partial charge in [0.1, 0.15) is 12.2 Å². The first kappa shape index (κ1) is 11.9. The molecule has 2 rings (SSSR count). The van der Waals surface area contributed by atoms with E-state index >= 15 is 0 Å². The lowest BCUT2D eigenvalue weighted by molar-refractivity contribution is -0.135. The minimum Gasteiger partial charge on any atom is -0.617 e. The van der Waals surface area contributed by atoms with Crippen LogP contribution >= 0.6 is 0 Å². The summed E-state index contributed by atoms with van der Waals surface area (Å²) in [5.41, 5.74) is 0. The number of aliphatic hydroxyl groups is 1. The number of aliphatic hydroxyl groups excluding tert-OH is 1. The molecule has 0 aromatic carbocycles. The highest BCUT2D eigenvalue weighted by Crippen LogP contribution is 2.42. The topological polar surface area (TPSA) is 102 Å². The maximum Gasteiger partial charge on any atom is 0.589 e. The van der Waals surface area contributed by atoms with Gasteiger partial charge in [0.25, 0.3) is 0 Å². The Morgan fingerprint density at radius 2 is 2.35 bits per heavy atom. The Morgan fingerprint density at radius 3 is 3.00 bits per heavy atom. The van der Waals surface area contributed by atoms with Crippen LogP contribution in [0.5, 0.6) is 0 Å². The maximum atomic E-state index is 11.9. The van der Waals surface area contributed by atoms with Gasteiger partial charge in [-0.25, -0.2) is 0 Å². The zero-order chi connectivity index (χ0) is 12.6. The van der Waals surface area contributed by atoms with Crippen LogP contribution < -0.4 is 5.32 Å². The average molecular weight is 241 g/mol. The van der Waals surface area contributed by atoms with Crippen molar-refractivity contribution in [2.75, 3.05) is 6.54 Å². The van der Waals surface area contributed by atoms with Crippen LogP contribution in [0.25, 0.3) is 0 Å². The first-order valence-electron chi connectivity index (χ1n) is 5.29. The van der Waals surface area contributed by atoms with Crippen molar-refractivity contribution in [3.8, 4) is 0 Å². The van der Waals surface area contributed by atoms with Gasteiger partial charge >= 0.3 is 12.5 Å². The molecule has 2 heterocycles. The molecule has 0 aromatic heterocycles. The molecule has 17 heavy (non-hydrogen) atoms. The van der Waals surface area contributed by atoms with E-state index < -0.39 is 24.6 Å². The van der Waals surface area contributed by atoms with Crippen molar-refractivity contribution in [3.05, 3.63) is 5.82 Å². The molecule has 1 amide bonds.